The predicted octanol–water partition coefficient (Wildman–Crippen LogP) is 1.68. The lowest BCUT2D eigenvalue weighted by Crippen LogP contribution is -2.38. The third-order valence-corrected chi connectivity index (χ3v) is 3.37. The minimum atomic E-state index is -0.217. The summed E-state index contributed by atoms with van der Waals surface area (Å²) in [6.07, 6.45) is 0. The largest absolute Gasteiger partial charge is 0.379 e. The molecule has 0 aromatic heterocycles. The number of hydrogen-bond acceptors (Lipinski definition) is 3. The van der Waals surface area contributed by atoms with Crippen LogP contribution in [-0.4, -0.2) is 31.2 Å². The molecule has 0 radical (unpaired) electrons. The van der Waals surface area contributed by atoms with Crippen LogP contribution < -0.4 is 5.73 Å². The maximum absolute atomic E-state index is 13.4. The Morgan fingerprint density at radius 3 is 2.76 bits per heavy atom. The van der Waals surface area contributed by atoms with Gasteiger partial charge in [0.05, 0.1) is 13.2 Å². The average Bonchev–Trinajstić information content (AvgIpc) is 2.39. The molecule has 1 aliphatic rings. The number of halogens is 1. The molecule has 0 aliphatic carbocycles. The predicted molar refractivity (Wildman–Crippen MR) is 65.1 cm³/mol. The number of rotatable bonds is 3. The van der Waals surface area contributed by atoms with Crippen molar-refractivity contribution < 1.29 is 9.13 Å². The summed E-state index contributed by atoms with van der Waals surface area (Å²) in [5.41, 5.74) is 7.23. The first-order valence-electron chi connectivity index (χ1n) is 6.02. The smallest absolute Gasteiger partial charge is 0.127 e. The van der Waals surface area contributed by atoms with Crippen LogP contribution >= 0.6 is 0 Å². The van der Waals surface area contributed by atoms with Crippen molar-refractivity contribution in [2.75, 3.05) is 26.3 Å². The molecule has 1 atom stereocenters. The molecule has 1 fully saturated rings. The SMILES string of the molecule is CC(c1ccc(F)c(CN)c1)N1CCOCC1. The molecule has 1 saturated heterocycles. The number of benzene rings is 1. The zero-order chi connectivity index (χ0) is 12.3. The number of ether oxygens (including phenoxy) is 1. The molecule has 0 spiro atoms. The van der Waals surface area contributed by atoms with E-state index in [9.17, 15) is 4.39 Å². The fourth-order valence-corrected chi connectivity index (χ4v) is 2.19. The molecule has 2 N–H and O–H groups in total. The van der Waals surface area contributed by atoms with Crippen molar-refractivity contribution in [2.24, 2.45) is 5.73 Å². The third kappa shape index (κ3) is 2.83. The summed E-state index contributed by atoms with van der Waals surface area (Å²) in [7, 11) is 0. The average molecular weight is 238 g/mol. The van der Waals surface area contributed by atoms with E-state index < -0.39 is 0 Å². The van der Waals surface area contributed by atoms with Crippen LogP contribution in [-0.2, 0) is 11.3 Å². The summed E-state index contributed by atoms with van der Waals surface area (Å²) in [6.45, 7) is 5.78. The molecule has 1 aromatic carbocycles. The maximum Gasteiger partial charge on any atom is 0.127 e. The lowest BCUT2D eigenvalue weighted by atomic mass is 10.0. The van der Waals surface area contributed by atoms with Crippen molar-refractivity contribution in [1.82, 2.24) is 4.90 Å². The molecule has 0 saturated carbocycles. The molecule has 2 rings (SSSR count). The number of nitrogens with zero attached hydrogens (tertiary/aromatic N) is 1. The Hall–Kier alpha value is -0.970. The zero-order valence-corrected chi connectivity index (χ0v) is 10.2. The second kappa shape index (κ2) is 5.58. The van der Waals surface area contributed by atoms with E-state index in [-0.39, 0.29) is 18.4 Å². The van der Waals surface area contributed by atoms with Crippen molar-refractivity contribution in [3.05, 3.63) is 35.1 Å². The second-order valence-electron chi connectivity index (χ2n) is 4.38. The maximum atomic E-state index is 13.4. The van der Waals surface area contributed by atoms with Gasteiger partial charge in [-0.3, -0.25) is 4.90 Å². The van der Waals surface area contributed by atoms with Gasteiger partial charge in [-0.1, -0.05) is 12.1 Å². The third-order valence-electron chi connectivity index (χ3n) is 3.37. The van der Waals surface area contributed by atoms with E-state index >= 15 is 0 Å². The highest BCUT2D eigenvalue weighted by Crippen LogP contribution is 2.23. The fourth-order valence-electron chi connectivity index (χ4n) is 2.19. The van der Waals surface area contributed by atoms with Crippen LogP contribution in [0.3, 0.4) is 0 Å². The lowest BCUT2D eigenvalue weighted by molar-refractivity contribution is 0.0198. The first kappa shape index (κ1) is 12.5. The summed E-state index contributed by atoms with van der Waals surface area (Å²) in [6, 6.07) is 5.50. The van der Waals surface area contributed by atoms with E-state index in [4.69, 9.17) is 10.5 Å². The summed E-state index contributed by atoms with van der Waals surface area (Å²) >= 11 is 0. The van der Waals surface area contributed by atoms with Crippen LogP contribution in [0.2, 0.25) is 0 Å². The molecular weight excluding hydrogens is 219 g/mol. The van der Waals surface area contributed by atoms with Crippen LogP contribution in [0.15, 0.2) is 18.2 Å². The summed E-state index contributed by atoms with van der Waals surface area (Å²) in [4.78, 5) is 2.34. The highest BCUT2D eigenvalue weighted by atomic mass is 19.1. The van der Waals surface area contributed by atoms with Gasteiger partial charge >= 0.3 is 0 Å². The van der Waals surface area contributed by atoms with Gasteiger partial charge in [-0.25, -0.2) is 4.39 Å². The van der Waals surface area contributed by atoms with Gasteiger partial charge in [-0.2, -0.15) is 0 Å². The first-order valence-corrected chi connectivity index (χ1v) is 6.02. The molecule has 0 bridgehead atoms. The molecule has 1 unspecified atom stereocenters. The number of hydrogen-bond donors (Lipinski definition) is 1. The van der Waals surface area contributed by atoms with Gasteiger partial charge in [0.1, 0.15) is 5.82 Å². The normalized spacial score (nSPS) is 19.2. The quantitative estimate of drug-likeness (QED) is 0.870. The molecule has 1 aliphatic heterocycles. The second-order valence-corrected chi connectivity index (χ2v) is 4.38. The Balaban J connectivity index is 2.15. The highest BCUT2D eigenvalue weighted by molar-refractivity contribution is 5.27. The van der Waals surface area contributed by atoms with E-state index in [0.29, 0.717) is 5.56 Å². The summed E-state index contributed by atoms with van der Waals surface area (Å²) in [5, 5.41) is 0. The van der Waals surface area contributed by atoms with Crippen molar-refractivity contribution in [1.29, 1.82) is 0 Å². The molecule has 1 aromatic rings. The Morgan fingerprint density at radius 1 is 1.41 bits per heavy atom. The Kier molecular flexibility index (Phi) is 4.10. The highest BCUT2D eigenvalue weighted by Gasteiger charge is 2.19. The van der Waals surface area contributed by atoms with E-state index in [1.807, 2.05) is 12.1 Å². The van der Waals surface area contributed by atoms with E-state index in [1.54, 1.807) is 0 Å². The topological polar surface area (TPSA) is 38.5 Å². The monoisotopic (exact) mass is 238 g/mol. The summed E-state index contributed by atoms with van der Waals surface area (Å²) < 4.78 is 18.7. The van der Waals surface area contributed by atoms with E-state index in [2.05, 4.69) is 11.8 Å². The zero-order valence-electron chi connectivity index (χ0n) is 10.2. The molecule has 3 nitrogen and oxygen atoms in total. The molecule has 1 heterocycles. The van der Waals surface area contributed by atoms with Gasteiger partial charge in [-0.05, 0) is 18.6 Å². The van der Waals surface area contributed by atoms with Crippen molar-refractivity contribution in [3.63, 3.8) is 0 Å². The van der Waals surface area contributed by atoms with Crippen LogP contribution in [0.25, 0.3) is 0 Å². The van der Waals surface area contributed by atoms with E-state index in [1.165, 1.54) is 6.07 Å². The molecular formula is C13H19FN2O. The summed E-state index contributed by atoms with van der Waals surface area (Å²) in [5.74, 6) is -0.217. The van der Waals surface area contributed by atoms with Gasteiger partial charge in [-0.15, -0.1) is 0 Å². The van der Waals surface area contributed by atoms with Gasteiger partial charge in [0, 0.05) is 31.2 Å². The fraction of sp³-hybridized carbons (Fsp3) is 0.538. The van der Waals surface area contributed by atoms with Crippen LogP contribution in [0.4, 0.5) is 4.39 Å². The Bertz CT molecular complexity index is 378. The minimum Gasteiger partial charge on any atom is -0.379 e. The Morgan fingerprint density at radius 2 is 2.12 bits per heavy atom. The van der Waals surface area contributed by atoms with Crippen molar-refractivity contribution in [3.8, 4) is 0 Å². The van der Waals surface area contributed by atoms with Gasteiger partial charge in [0.15, 0.2) is 0 Å². The van der Waals surface area contributed by atoms with Crippen molar-refractivity contribution >= 4 is 0 Å². The van der Waals surface area contributed by atoms with Crippen LogP contribution in [0, 0.1) is 5.82 Å². The standard InChI is InChI=1S/C13H19FN2O/c1-10(16-4-6-17-7-5-16)11-2-3-13(14)12(8-11)9-15/h2-3,8,10H,4-7,9,15H2,1H3. The minimum absolute atomic E-state index is 0.217. The number of nitrogens with two attached hydrogens (primary N) is 1. The molecule has 17 heavy (non-hydrogen) atoms. The van der Waals surface area contributed by atoms with Crippen molar-refractivity contribution in [2.45, 2.75) is 19.5 Å². The van der Waals surface area contributed by atoms with Crippen LogP contribution in [0.5, 0.6) is 0 Å². The van der Waals surface area contributed by atoms with Gasteiger partial charge in [0.2, 0.25) is 0 Å². The van der Waals surface area contributed by atoms with E-state index in [0.717, 1.165) is 31.9 Å². The van der Waals surface area contributed by atoms with Crippen LogP contribution in [0.1, 0.15) is 24.1 Å². The Labute approximate surface area is 101 Å². The molecule has 0 amide bonds. The molecule has 94 valence electrons. The number of morpholine rings is 1. The molecule has 4 heteroatoms. The van der Waals surface area contributed by atoms with Gasteiger partial charge in [0.25, 0.3) is 0 Å². The lowest BCUT2D eigenvalue weighted by Gasteiger charge is -2.32. The van der Waals surface area contributed by atoms with Gasteiger partial charge < -0.3 is 10.5 Å². The first-order chi connectivity index (χ1) is 8.22.